The number of hydrogen-bond donors (Lipinski definition) is 1. The lowest BCUT2D eigenvalue weighted by atomic mass is 10.1. The van der Waals surface area contributed by atoms with Crippen LogP contribution < -0.4 is 5.43 Å². The van der Waals surface area contributed by atoms with Crippen LogP contribution in [0.15, 0.2) is 47.5 Å². The average molecular weight is 391 g/mol. The molecule has 0 amide bonds. The van der Waals surface area contributed by atoms with Crippen LogP contribution in [0.5, 0.6) is 0 Å². The first-order valence-corrected chi connectivity index (χ1v) is 8.27. The minimum atomic E-state index is -4.66. The zero-order valence-corrected chi connectivity index (χ0v) is 15.0. The maximum absolute atomic E-state index is 12.6. The number of aryl methyl sites for hydroxylation is 1. The Morgan fingerprint density at radius 2 is 1.89 bits per heavy atom. The Morgan fingerprint density at radius 3 is 2.50 bits per heavy atom. The Balaban J connectivity index is 1.48. The van der Waals surface area contributed by atoms with E-state index in [-0.39, 0.29) is 5.82 Å². The molecule has 0 aliphatic carbocycles. The molecule has 11 heteroatoms. The van der Waals surface area contributed by atoms with Crippen LogP contribution in [0.1, 0.15) is 17.1 Å². The third-order valence-electron chi connectivity index (χ3n) is 4.26. The summed E-state index contributed by atoms with van der Waals surface area (Å²) in [5.41, 5.74) is 6.50. The largest absolute Gasteiger partial charge is 0.471 e. The van der Waals surface area contributed by atoms with Crippen LogP contribution in [0.3, 0.4) is 0 Å². The van der Waals surface area contributed by atoms with Crippen LogP contribution in [0.25, 0.3) is 17.1 Å². The third-order valence-corrected chi connectivity index (χ3v) is 4.26. The first-order chi connectivity index (χ1) is 13.3. The summed E-state index contributed by atoms with van der Waals surface area (Å²) in [5.74, 6) is -1.46. The third kappa shape index (κ3) is 3.43. The van der Waals surface area contributed by atoms with E-state index < -0.39 is 12.1 Å². The van der Waals surface area contributed by atoms with Gasteiger partial charge in [0.05, 0.1) is 30.5 Å². The van der Waals surface area contributed by atoms with Gasteiger partial charge in [-0.25, -0.2) is 4.98 Å². The van der Waals surface area contributed by atoms with Crippen LogP contribution in [0.2, 0.25) is 0 Å². The minimum Gasteiger partial charge on any atom is -0.332 e. The SMILES string of the molecule is CN1NC(c2cncn2C)=CN1Cc1ccc(-c2noc(C(F)(F)F)n2)cc1. The summed E-state index contributed by atoms with van der Waals surface area (Å²) in [5, 5.41) is 7.20. The highest BCUT2D eigenvalue weighted by molar-refractivity contribution is 5.61. The fourth-order valence-corrected chi connectivity index (χ4v) is 2.80. The Bertz CT molecular complexity index is 1010. The molecule has 1 aliphatic rings. The van der Waals surface area contributed by atoms with Gasteiger partial charge in [-0.1, -0.05) is 29.4 Å². The summed E-state index contributed by atoms with van der Waals surface area (Å²) in [6.07, 6.45) is 0.794. The standard InChI is InChI=1S/C17H16F3N7O/c1-25-10-21-7-14(25)13-9-27(26(2)23-13)8-11-3-5-12(6-4-11)15-22-16(28-24-15)17(18,19)20/h3-7,9-10,23H,8H2,1-2H3. The van der Waals surface area contributed by atoms with E-state index in [0.29, 0.717) is 12.1 Å². The lowest BCUT2D eigenvalue weighted by Crippen LogP contribution is -2.38. The second-order valence-electron chi connectivity index (χ2n) is 6.28. The van der Waals surface area contributed by atoms with Crippen molar-refractivity contribution >= 4 is 5.70 Å². The van der Waals surface area contributed by atoms with Crippen LogP contribution >= 0.6 is 0 Å². The molecule has 0 saturated carbocycles. The van der Waals surface area contributed by atoms with Gasteiger partial charge < -0.3 is 9.09 Å². The number of alkyl halides is 3. The van der Waals surface area contributed by atoms with Gasteiger partial charge in [0.1, 0.15) is 0 Å². The van der Waals surface area contributed by atoms with Gasteiger partial charge in [-0.05, 0) is 5.56 Å². The lowest BCUT2D eigenvalue weighted by Gasteiger charge is -2.24. The van der Waals surface area contributed by atoms with Gasteiger partial charge >= 0.3 is 12.1 Å². The predicted octanol–water partition coefficient (Wildman–Crippen LogP) is 2.65. The van der Waals surface area contributed by atoms with Crippen molar-refractivity contribution in [1.82, 2.24) is 35.2 Å². The average Bonchev–Trinajstić information content (AvgIpc) is 3.36. The van der Waals surface area contributed by atoms with Crippen molar-refractivity contribution in [2.45, 2.75) is 12.7 Å². The fraction of sp³-hybridized carbons (Fsp3) is 0.235. The van der Waals surface area contributed by atoms with E-state index >= 15 is 0 Å². The van der Waals surface area contributed by atoms with E-state index in [2.05, 4.69) is 25.1 Å². The molecule has 0 saturated heterocycles. The summed E-state index contributed by atoms with van der Waals surface area (Å²) >= 11 is 0. The zero-order valence-electron chi connectivity index (χ0n) is 15.0. The van der Waals surface area contributed by atoms with Crippen LogP contribution in [0, 0.1) is 0 Å². The Morgan fingerprint density at radius 1 is 1.14 bits per heavy atom. The van der Waals surface area contributed by atoms with Gasteiger partial charge in [-0.2, -0.15) is 18.2 Å². The molecule has 0 fully saturated rings. The number of hydrazine groups is 2. The summed E-state index contributed by atoms with van der Waals surface area (Å²) < 4.78 is 43.9. The number of rotatable bonds is 4. The number of imidazole rings is 1. The predicted molar refractivity (Wildman–Crippen MR) is 92.4 cm³/mol. The summed E-state index contributed by atoms with van der Waals surface area (Å²) in [7, 11) is 3.79. The van der Waals surface area contributed by atoms with Gasteiger partial charge in [0.25, 0.3) is 0 Å². The summed E-state index contributed by atoms with van der Waals surface area (Å²) in [6, 6.07) is 6.94. The first-order valence-electron chi connectivity index (χ1n) is 8.27. The lowest BCUT2D eigenvalue weighted by molar-refractivity contribution is -0.159. The Kier molecular flexibility index (Phi) is 4.30. The summed E-state index contributed by atoms with van der Waals surface area (Å²) in [6.45, 7) is 0.561. The molecule has 0 bridgehead atoms. The molecule has 4 rings (SSSR count). The topological polar surface area (TPSA) is 75.2 Å². The van der Waals surface area contributed by atoms with Crippen molar-refractivity contribution in [2.75, 3.05) is 7.05 Å². The Labute approximate surface area is 157 Å². The molecule has 1 aromatic carbocycles. The monoisotopic (exact) mass is 391 g/mol. The van der Waals surface area contributed by atoms with E-state index in [4.69, 9.17) is 0 Å². The second kappa shape index (κ2) is 6.68. The van der Waals surface area contributed by atoms with E-state index in [9.17, 15) is 13.2 Å². The van der Waals surface area contributed by atoms with Crippen molar-refractivity contribution in [2.24, 2.45) is 7.05 Å². The molecule has 8 nitrogen and oxygen atoms in total. The number of nitrogens with zero attached hydrogens (tertiary/aromatic N) is 6. The van der Waals surface area contributed by atoms with Gasteiger partial charge in [0.2, 0.25) is 5.82 Å². The molecule has 0 spiro atoms. The van der Waals surface area contributed by atoms with E-state index in [1.54, 1.807) is 24.7 Å². The molecule has 1 aliphatic heterocycles. The maximum Gasteiger partial charge on any atom is 0.471 e. The van der Waals surface area contributed by atoms with Gasteiger partial charge in [-0.3, -0.25) is 10.4 Å². The first kappa shape index (κ1) is 18.0. The van der Waals surface area contributed by atoms with Crippen molar-refractivity contribution in [3.8, 4) is 11.4 Å². The highest BCUT2D eigenvalue weighted by Gasteiger charge is 2.38. The fourth-order valence-electron chi connectivity index (χ4n) is 2.80. The molecule has 0 atom stereocenters. The van der Waals surface area contributed by atoms with Gasteiger partial charge in [0.15, 0.2) is 0 Å². The van der Waals surface area contributed by atoms with Gasteiger partial charge in [-0.15, -0.1) is 5.12 Å². The number of benzene rings is 1. The second-order valence-corrected chi connectivity index (χ2v) is 6.28. The smallest absolute Gasteiger partial charge is 0.332 e. The molecule has 0 radical (unpaired) electrons. The molecular weight excluding hydrogens is 375 g/mol. The minimum absolute atomic E-state index is 0.0998. The van der Waals surface area contributed by atoms with Crippen molar-refractivity contribution in [3.05, 3.63) is 60.1 Å². The van der Waals surface area contributed by atoms with Crippen molar-refractivity contribution in [1.29, 1.82) is 0 Å². The van der Waals surface area contributed by atoms with Crippen LogP contribution in [0.4, 0.5) is 13.2 Å². The molecule has 1 N–H and O–H groups in total. The number of halogens is 3. The van der Waals surface area contributed by atoms with Gasteiger partial charge in [0, 0.05) is 25.9 Å². The van der Waals surface area contributed by atoms with Crippen molar-refractivity contribution < 1.29 is 17.7 Å². The molecular formula is C17H16F3N7O. The normalized spacial score (nSPS) is 15.0. The molecule has 2 aromatic heterocycles. The molecule has 0 unspecified atom stereocenters. The Hall–Kier alpha value is -3.34. The molecule has 3 aromatic rings. The maximum atomic E-state index is 12.6. The highest BCUT2D eigenvalue weighted by atomic mass is 19.4. The molecule has 28 heavy (non-hydrogen) atoms. The van der Waals surface area contributed by atoms with Crippen LogP contribution in [-0.4, -0.2) is 36.9 Å². The zero-order chi connectivity index (χ0) is 19.9. The molecule has 3 heterocycles. The quantitative estimate of drug-likeness (QED) is 0.733. The molecule has 146 valence electrons. The summed E-state index contributed by atoms with van der Waals surface area (Å²) in [4.78, 5) is 7.51. The number of hydrogen-bond acceptors (Lipinski definition) is 7. The van der Waals surface area contributed by atoms with E-state index in [1.807, 2.05) is 47.1 Å². The number of nitrogens with one attached hydrogen (secondary N) is 1. The van der Waals surface area contributed by atoms with Crippen LogP contribution in [-0.2, 0) is 19.8 Å². The van der Waals surface area contributed by atoms with E-state index in [1.165, 1.54) is 0 Å². The van der Waals surface area contributed by atoms with E-state index in [0.717, 1.165) is 17.0 Å². The van der Waals surface area contributed by atoms with Crippen molar-refractivity contribution in [3.63, 3.8) is 0 Å². The highest BCUT2D eigenvalue weighted by Crippen LogP contribution is 2.29. The number of aromatic nitrogens is 4.